The van der Waals surface area contributed by atoms with Crippen molar-refractivity contribution in [2.75, 3.05) is 0 Å². The highest BCUT2D eigenvalue weighted by Gasteiger charge is 2.00. The molecule has 5 heteroatoms. The van der Waals surface area contributed by atoms with Crippen molar-refractivity contribution >= 4 is 23.7 Å². The molecule has 0 fully saturated rings. The van der Waals surface area contributed by atoms with Gasteiger partial charge in [-0.15, -0.1) is 0 Å². The zero-order valence-corrected chi connectivity index (χ0v) is 18.0. The second-order valence-corrected chi connectivity index (χ2v) is 7.59. The van der Waals surface area contributed by atoms with E-state index in [1.165, 1.54) is 32.1 Å². The quantitative estimate of drug-likeness (QED) is 0.231. The molecule has 0 aliphatic carbocycles. The van der Waals surface area contributed by atoms with Crippen LogP contribution >= 0.6 is 11.6 Å². The molecule has 0 atom stereocenters. The van der Waals surface area contributed by atoms with Crippen molar-refractivity contribution < 1.29 is 9.53 Å². The van der Waals surface area contributed by atoms with E-state index in [-0.39, 0.29) is 5.91 Å². The van der Waals surface area contributed by atoms with Crippen LogP contribution in [0.5, 0.6) is 5.75 Å². The van der Waals surface area contributed by atoms with Crippen LogP contribution < -0.4 is 10.2 Å². The summed E-state index contributed by atoms with van der Waals surface area (Å²) in [7, 11) is 0. The standard InChI is InChI=1S/C24H31ClN2O2/c1-2-3-4-5-6-7-8-12-24(28)27-26-18-21-10-9-11-23(17-21)29-19-20-13-15-22(25)16-14-20/h9-11,13-18H,2-8,12,19H2,1H3,(H,27,28)/b26-18-. The van der Waals surface area contributed by atoms with Crippen LogP contribution in [0.1, 0.15) is 69.4 Å². The molecule has 2 aromatic carbocycles. The van der Waals surface area contributed by atoms with Crippen molar-refractivity contribution in [2.45, 2.75) is 64.9 Å². The minimum absolute atomic E-state index is 0.0371. The smallest absolute Gasteiger partial charge is 0.240 e. The summed E-state index contributed by atoms with van der Waals surface area (Å²) in [6.07, 6.45) is 10.5. The minimum Gasteiger partial charge on any atom is -0.489 e. The minimum atomic E-state index is -0.0371. The molecule has 156 valence electrons. The number of hydrogen-bond donors (Lipinski definition) is 1. The van der Waals surface area contributed by atoms with Crippen LogP contribution in [0, 0.1) is 0 Å². The lowest BCUT2D eigenvalue weighted by Crippen LogP contribution is -2.16. The molecule has 0 saturated carbocycles. The number of hydrogen-bond acceptors (Lipinski definition) is 3. The summed E-state index contributed by atoms with van der Waals surface area (Å²) >= 11 is 5.89. The van der Waals surface area contributed by atoms with Gasteiger partial charge in [0.25, 0.3) is 0 Å². The highest BCUT2D eigenvalue weighted by atomic mass is 35.5. The molecule has 1 N–H and O–H groups in total. The van der Waals surface area contributed by atoms with E-state index in [9.17, 15) is 4.79 Å². The maximum absolute atomic E-state index is 11.9. The van der Waals surface area contributed by atoms with Crippen molar-refractivity contribution in [1.82, 2.24) is 5.43 Å². The zero-order valence-electron chi connectivity index (χ0n) is 17.2. The molecular formula is C24H31ClN2O2. The summed E-state index contributed by atoms with van der Waals surface area (Å²) in [5, 5.41) is 4.76. The number of rotatable bonds is 13. The van der Waals surface area contributed by atoms with E-state index in [1.807, 2.05) is 48.5 Å². The number of benzene rings is 2. The first kappa shape index (κ1) is 23.0. The number of nitrogens with zero attached hydrogens (tertiary/aromatic N) is 1. The van der Waals surface area contributed by atoms with Crippen LogP contribution in [0.25, 0.3) is 0 Å². The normalized spacial score (nSPS) is 11.0. The van der Waals surface area contributed by atoms with Gasteiger partial charge in [-0.1, -0.05) is 81.3 Å². The van der Waals surface area contributed by atoms with Gasteiger partial charge in [-0.05, 0) is 41.8 Å². The topological polar surface area (TPSA) is 50.7 Å². The number of carbonyl (C=O) groups excluding carboxylic acids is 1. The molecule has 0 aliphatic heterocycles. The number of carbonyl (C=O) groups is 1. The van der Waals surface area contributed by atoms with E-state index < -0.39 is 0 Å². The zero-order chi connectivity index (χ0) is 20.7. The van der Waals surface area contributed by atoms with Gasteiger partial charge in [0.2, 0.25) is 5.91 Å². The lowest BCUT2D eigenvalue weighted by Gasteiger charge is -2.07. The summed E-state index contributed by atoms with van der Waals surface area (Å²) in [5.74, 6) is 0.711. The number of halogens is 1. The van der Waals surface area contributed by atoms with E-state index >= 15 is 0 Å². The molecule has 0 heterocycles. The molecular weight excluding hydrogens is 384 g/mol. The second kappa shape index (κ2) is 13.8. The summed E-state index contributed by atoms with van der Waals surface area (Å²) in [4.78, 5) is 11.9. The molecule has 0 unspecified atom stereocenters. The van der Waals surface area contributed by atoms with Gasteiger partial charge in [-0.2, -0.15) is 5.10 Å². The van der Waals surface area contributed by atoms with Crippen LogP contribution in [-0.4, -0.2) is 12.1 Å². The molecule has 0 saturated heterocycles. The Morgan fingerprint density at radius 3 is 2.52 bits per heavy atom. The third kappa shape index (κ3) is 10.1. The first-order valence-electron chi connectivity index (χ1n) is 10.5. The lowest BCUT2D eigenvalue weighted by molar-refractivity contribution is -0.121. The van der Waals surface area contributed by atoms with Gasteiger partial charge in [0.15, 0.2) is 0 Å². The highest BCUT2D eigenvalue weighted by Crippen LogP contribution is 2.16. The average Bonchev–Trinajstić information content (AvgIpc) is 2.73. The molecule has 0 bridgehead atoms. The Kier molecular flexibility index (Phi) is 10.9. The van der Waals surface area contributed by atoms with Gasteiger partial charge < -0.3 is 4.74 Å². The molecule has 0 aliphatic rings. The van der Waals surface area contributed by atoms with Crippen molar-refractivity contribution in [3.63, 3.8) is 0 Å². The Balaban J connectivity index is 1.67. The molecule has 2 rings (SSSR count). The summed E-state index contributed by atoms with van der Waals surface area (Å²) in [6, 6.07) is 15.2. The maximum Gasteiger partial charge on any atom is 0.240 e. The third-order valence-electron chi connectivity index (χ3n) is 4.59. The van der Waals surface area contributed by atoms with Gasteiger partial charge in [0, 0.05) is 11.4 Å². The molecule has 29 heavy (non-hydrogen) atoms. The van der Waals surface area contributed by atoms with Crippen molar-refractivity contribution in [1.29, 1.82) is 0 Å². The highest BCUT2D eigenvalue weighted by molar-refractivity contribution is 6.30. The fourth-order valence-electron chi connectivity index (χ4n) is 2.91. The van der Waals surface area contributed by atoms with Gasteiger partial charge in [-0.25, -0.2) is 5.43 Å². The predicted molar refractivity (Wildman–Crippen MR) is 121 cm³/mol. The van der Waals surface area contributed by atoms with Crippen molar-refractivity contribution in [3.8, 4) is 5.75 Å². The summed E-state index contributed by atoms with van der Waals surface area (Å²) in [5.41, 5.74) is 4.52. The fraction of sp³-hybridized carbons (Fsp3) is 0.417. The van der Waals surface area contributed by atoms with Crippen LogP contribution in [0.2, 0.25) is 5.02 Å². The number of hydrazone groups is 1. The molecule has 2 aromatic rings. The van der Waals surface area contributed by atoms with Crippen molar-refractivity contribution in [3.05, 3.63) is 64.7 Å². The van der Waals surface area contributed by atoms with E-state index in [0.717, 1.165) is 29.7 Å². The Morgan fingerprint density at radius 2 is 1.76 bits per heavy atom. The first-order valence-corrected chi connectivity index (χ1v) is 10.8. The second-order valence-electron chi connectivity index (χ2n) is 7.15. The van der Waals surface area contributed by atoms with Crippen LogP contribution in [0.15, 0.2) is 53.6 Å². The predicted octanol–water partition coefficient (Wildman–Crippen LogP) is 6.51. The number of nitrogens with one attached hydrogen (secondary N) is 1. The Bertz CT molecular complexity index is 760. The largest absolute Gasteiger partial charge is 0.489 e. The SMILES string of the molecule is CCCCCCCCCC(=O)N/N=C\c1cccc(OCc2ccc(Cl)cc2)c1. The van der Waals surface area contributed by atoms with Gasteiger partial charge in [0.1, 0.15) is 12.4 Å². The summed E-state index contributed by atoms with van der Waals surface area (Å²) < 4.78 is 5.81. The molecule has 0 aromatic heterocycles. The van der Waals surface area contributed by atoms with Crippen LogP contribution in [0.4, 0.5) is 0 Å². The molecule has 1 amide bonds. The van der Waals surface area contributed by atoms with E-state index in [4.69, 9.17) is 16.3 Å². The maximum atomic E-state index is 11.9. The third-order valence-corrected chi connectivity index (χ3v) is 4.84. The van der Waals surface area contributed by atoms with E-state index in [1.54, 1.807) is 6.21 Å². The monoisotopic (exact) mass is 414 g/mol. The fourth-order valence-corrected chi connectivity index (χ4v) is 3.04. The Labute approximate surface area is 179 Å². The van der Waals surface area contributed by atoms with Gasteiger partial charge >= 0.3 is 0 Å². The number of ether oxygens (including phenoxy) is 1. The average molecular weight is 415 g/mol. The van der Waals surface area contributed by atoms with Gasteiger partial charge in [-0.3, -0.25) is 4.79 Å². The van der Waals surface area contributed by atoms with Gasteiger partial charge in [0.05, 0.1) is 6.21 Å². The molecule has 0 radical (unpaired) electrons. The van der Waals surface area contributed by atoms with Crippen molar-refractivity contribution in [2.24, 2.45) is 5.10 Å². The first-order chi connectivity index (χ1) is 14.2. The van der Waals surface area contributed by atoms with Crippen LogP contribution in [0.3, 0.4) is 0 Å². The number of unbranched alkanes of at least 4 members (excludes halogenated alkanes) is 6. The Hall–Kier alpha value is -2.33. The lowest BCUT2D eigenvalue weighted by atomic mass is 10.1. The molecule has 4 nitrogen and oxygen atoms in total. The summed E-state index contributed by atoms with van der Waals surface area (Å²) in [6.45, 7) is 2.68. The van der Waals surface area contributed by atoms with E-state index in [0.29, 0.717) is 18.1 Å². The van der Waals surface area contributed by atoms with Crippen LogP contribution in [-0.2, 0) is 11.4 Å². The number of amides is 1. The van der Waals surface area contributed by atoms with E-state index in [2.05, 4.69) is 17.5 Å². The molecule has 0 spiro atoms. The Morgan fingerprint density at radius 1 is 1.03 bits per heavy atom.